The van der Waals surface area contributed by atoms with Gasteiger partial charge in [0.25, 0.3) is 0 Å². The van der Waals surface area contributed by atoms with Crippen molar-refractivity contribution < 1.29 is 4.74 Å². The zero-order chi connectivity index (χ0) is 16.8. The quantitative estimate of drug-likeness (QED) is 0.737. The molecule has 0 unspecified atom stereocenters. The highest BCUT2D eigenvalue weighted by Crippen LogP contribution is 2.57. The van der Waals surface area contributed by atoms with Crippen molar-refractivity contribution in [1.82, 2.24) is 0 Å². The van der Waals surface area contributed by atoms with E-state index < -0.39 is 0 Å². The van der Waals surface area contributed by atoms with E-state index in [-0.39, 0.29) is 10.8 Å². The summed E-state index contributed by atoms with van der Waals surface area (Å²) in [5.74, 6) is 1.94. The van der Waals surface area contributed by atoms with Gasteiger partial charge < -0.3 is 4.74 Å². The van der Waals surface area contributed by atoms with Crippen LogP contribution in [0.4, 0.5) is 0 Å². The Kier molecular flexibility index (Phi) is 3.95. The van der Waals surface area contributed by atoms with Crippen LogP contribution in [0.3, 0.4) is 0 Å². The van der Waals surface area contributed by atoms with Crippen molar-refractivity contribution in [2.24, 2.45) is 11.3 Å². The summed E-state index contributed by atoms with van der Waals surface area (Å²) < 4.78 is 5.71. The topological polar surface area (TPSA) is 33.0 Å². The highest BCUT2D eigenvalue weighted by Gasteiger charge is 2.52. The van der Waals surface area contributed by atoms with Gasteiger partial charge in [0.15, 0.2) is 0 Å². The second-order valence-electron chi connectivity index (χ2n) is 8.30. The molecule has 2 aliphatic carbocycles. The van der Waals surface area contributed by atoms with E-state index in [4.69, 9.17) is 4.74 Å². The summed E-state index contributed by atoms with van der Waals surface area (Å²) in [5.41, 5.74) is 4.16. The molecule has 1 fully saturated rings. The van der Waals surface area contributed by atoms with Gasteiger partial charge in [0, 0.05) is 0 Å². The summed E-state index contributed by atoms with van der Waals surface area (Å²) in [5, 5.41) is 9.79. The third-order valence-corrected chi connectivity index (χ3v) is 6.58. The number of aryl methyl sites for hydroxylation is 1. The summed E-state index contributed by atoms with van der Waals surface area (Å²) in [6, 6.07) is 7.33. The van der Waals surface area contributed by atoms with Crippen LogP contribution in [-0.4, -0.2) is 7.11 Å². The van der Waals surface area contributed by atoms with Crippen LogP contribution in [0.1, 0.15) is 76.0 Å². The molecule has 1 aromatic rings. The van der Waals surface area contributed by atoms with Crippen LogP contribution < -0.4 is 4.74 Å². The number of rotatable bonds is 2. The van der Waals surface area contributed by atoms with Gasteiger partial charge in [0.2, 0.25) is 0 Å². The zero-order valence-electron chi connectivity index (χ0n) is 15.2. The molecule has 0 aromatic heterocycles. The lowest BCUT2D eigenvalue weighted by Gasteiger charge is -2.53. The van der Waals surface area contributed by atoms with E-state index in [1.54, 1.807) is 7.11 Å². The molecule has 0 radical (unpaired) electrons. The smallest absolute Gasteiger partial charge is 0.122 e. The molecule has 0 bridgehead atoms. The fraction of sp³-hybridized carbons (Fsp3) is 0.667. The largest absolute Gasteiger partial charge is 0.496 e. The van der Waals surface area contributed by atoms with Gasteiger partial charge >= 0.3 is 0 Å². The van der Waals surface area contributed by atoms with Crippen LogP contribution in [0.2, 0.25) is 0 Å². The van der Waals surface area contributed by atoms with E-state index >= 15 is 0 Å². The maximum Gasteiger partial charge on any atom is 0.122 e. The van der Waals surface area contributed by atoms with E-state index in [0.717, 1.165) is 31.4 Å². The van der Waals surface area contributed by atoms with Gasteiger partial charge in [-0.15, -0.1) is 0 Å². The van der Waals surface area contributed by atoms with Gasteiger partial charge in [0.1, 0.15) is 5.75 Å². The van der Waals surface area contributed by atoms with Gasteiger partial charge in [-0.05, 0) is 72.6 Å². The number of nitriles is 1. The Morgan fingerprint density at radius 1 is 1.26 bits per heavy atom. The minimum atomic E-state index is -0.186. The van der Waals surface area contributed by atoms with Crippen molar-refractivity contribution in [1.29, 1.82) is 5.26 Å². The van der Waals surface area contributed by atoms with Gasteiger partial charge in [-0.2, -0.15) is 5.26 Å². The second kappa shape index (κ2) is 5.55. The van der Waals surface area contributed by atoms with Crippen LogP contribution in [0.5, 0.6) is 5.75 Å². The van der Waals surface area contributed by atoms with Crippen molar-refractivity contribution in [3.63, 3.8) is 0 Å². The summed E-state index contributed by atoms with van der Waals surface area (Å²) in [6.07, 6.45) is 5.60. The molecule has 0 spiro atoms. The van der Waals surface area contributed by atoms with Crippen molar-refractivity contribution in [3.8, 4) is 11.8 Å². The molecule has 2 heteroatoms. The van der Waals surface area contributed by atoms with Crippen molar-refractivity contribution in [2.75, 3.05) is 7.11 Å². The van der Waals surface area contributed by atoms with Crippen LogP contribution in [0, 0.1) is 22.7 Å². The molecule has 2 nitrogen and oxygen atoms in total. The molecule has 23 heavy (non-hydrogen) atoms. The molecule has 3 rings (SSSR count). The molecule has 1 aromatic carbocycles. The fourth-order valence-electron chi connectivity index (χ4n) is 5.28. The number of hydrogen-bond donors (Lipinski definition) is 0. The van der Waals surface area contributed by atoms with E-state index in [2.05, 4.69) is 45.9 Å². The number of fused-ring (bicyclic) bond motifs is 3. The Hall–Kier alpha value is -1.49. The van der Waals surface area contributed by atoms with Crippen LogP contribution in [0.15, 0.2) is 12.1 Å². The van der Waals surface area contributed by atoms with E-state index in [9.17, 15) is 5.26 Å². The lowest BCUT2D eigenvalue weighted by atomic mass is 9.50. The minimum absolute atomic E-state index is 0.110. The summed E-state index contributed by atoms with van der Waals surface area (Å²) >= 11 is 0. The first-order chi connectivity index (χ1) is 10.9. The monoisotopic (exact) mass is 311 g/mol. The Bertz CT molecular complexity index is 657. The third kappa shape index (κ3) is 2.36. The van der Waals surface area contributed by atoms with Crippen LogP contribution in [0.25, 0.3) is 0 Å². The first kappa shape index (κ1) is 16.4. The zero-order valence-corrected chi connectivity index (χ0v) is 15.2. The first-order valence-electron chi connectivity index (χ1n) is 8.98. The standard InChI is InChI=1S/C21H29NO/c1-14(2)16-11-15-7-8-19-20(3,13-22)9-6-10-21(19,4)17(15)12-18(16)23-5/h11-12,14,19H,6-10H2,1-5H3/t19-,20-,21-/m0/s1. The van der Waals surface area contributed by atoms with Crippen LogP contribution in [-0.2, 0) is 11.8 Å². The first-order valence-corrected chi connectivity index (χ1v) is 8.98. The highest BCUT2D eigenvalue weighted by atomic mass is 16.5. The summed E-state index contributed by atoms with van der Waals surface area (Å²) in [7, 11) is 1.77. The lowest BCUT2D eigenvalue weighted by Crippen LogP contribution is -2.48. The molecule has 0 aliphatic heterocycles. The second-order valence-corrected chi connectivity index (χ2v) is 8.30. The predicted octanol–water partition coefficient (Wildman–Crippen LogP) is 5.35. The average Bonchev–Trinajstić information content (AvgIpc) is 2.53. The average molecular weight is 311 g/mol. The minimum Gasteiger partial charge on any atom is -0.496 e. The molecule has 0 heterocycles. The van der Waals surface area contributed by atoms with Crippen LogP contribution >= 0.6 is 0 Å². The van der Waals surface area contributed by atoms with Gasteiger partial charge in [-0.3, -0.25) is 0 Å². The Morgan fingerprint density at radius 3 is 2.61 bits per heavy atom. The van der Waals surface area contributed by atoms with Gasteiger partial charge in [0.05, 0.1) is 18.6 Å². The maximum atomic E-state index is 9.79. The molecule has 1 saturated carbocycles. The molecule has 0 saturated heterocycles. The Morgan fingerprint density at radius 2 is 2.00 bits per heavy atom. The molecular weight excluding hydrogens is 282 g/mol. The Labute approximate surface area is 140 Å². The Balaban J connectivity index is 2.15. The number of hydrogen-bond acceptors (Lipinski definition) is 2. The van der Waals surface area contributed by atoms with Gasteiger partial charge in [-0.25, -0.2) is 0 Å². The highest BCUT2D eigenvalue weighted by molar-refractivity contribution is 5.49. The molecular formula is C21H29NO. The summed E-state index contributed by atoms with van der Waals surface area (Å²) in [4.78, 5) is 0. The number of ether oxygens (including phenoxy) is 1. The van der Waals surface area contributed by atoms with E-state index in [1.165, 1.54) is 23.1 Å². The lowest BCUT2D eigenvalue weighted by molar-refractivity contribution is 0.0686. The normalized spacial score (nSPS) is 32.8. The van der Waals surface area contributed by atoms with Gasteiger partial charge in [-0.1, -0.05) is 33.3 Å². The van der Waals surface area contributed by atoms with Crippen molar-refractivity contribution in [3.05, 3.63) is 28.8 Å². The summed E-state index contributed by atoms with van der Waals surface area (Å²) in [6.45, 7) is 9.02. The van der Waals surface area contributed by atoms with E-state index in [1.807, 2.05) is 0 Å². The fourth-order valence-corrected chi connectivity index (χ4v) is 5.28. The molecule has 2 aliphatic rings. The molecule has 0 N–H and O–H groups in total. The molecule has 0 amide bonds. The SMILES string of the molecule is COc1cc2c(cc1C(C)C)CC[C@@H]1[C@@]2(C)CCC[C@@]1(C)C#N. The molecule has 3 atom stereocenters. The van der Waals surface area contributed by atoms with E-state index in [0.29, 0.717) is 11.8 Å². The third-order valence-electron chi connectivity index (χ3n) is 6.58. The van der Waals surface area contributed by atoms with Crippen molar-refractivity contribution >= 4 is 0 Å². The number of nitrogens with zero attached hydrogens (tertiary/aromatic N) is 1. The number of methoxy groups -OCH3 is 1. The maximum absolute atomic E-state index is 9.79. The molecule has 124 valence electrons. The number of benzene rings is 1. The predicted molar refractivity (Wildman–Crippen MR) is 93.8 cm³/mol. The van der Waals surface area contributed by atoms with Crippen molar-refractivity contribution in [2.45, 2.75) is 71.1 Å².